The molecule has 0 fully saturated rings. The maximum absolute atomic E-state index is 11.0. The highest BCUT2D eigenvalue weighted by atomic mass is 32.6. The third-order valence-electron chi connectivity index (χ3n) is 4.30. The van der Waals surface area contributed by atoms with E-state index in [1.165, 1.54) is 18.2 Å². The van der Waals surface area contributed by atoms with E-state index in [1.54, 1.807) is 72.8 Å². The number of hydrogen-bond acceptors (Lipinski definition) is 9. The van der Waals surface area contributed by atoms with Crippen LogP contribution in [0.3, 0.4) is 0 Å². The molecule has 0 aliphatic heterocycles. The second-order valence-electron chi connectivity index (χ2n) is 5.90. The maximum atomic E-state index is 11.0. The van der Waals surface area contributed by atoms with Crippen LogP contribution >= 0.6 is 6.72 Å². The van der Waals surface area contributed by atoms with E-state index in [2.05, 4.69) is 15.5 Å². The van der Waals surface area contributed by atoms with Gasteiger partial charge in [0.2, 0.25) is 0 Å². The Bertz CT molecular complexity index is 1120. The van der Waals surface area contributed by atoms with Gasteiger partial charge in [-0.05, 0) is 36.4 Å². The quantitative estimate of drug-likeness (QED) is 0.162. The molecule has 0 aliphatic rings. The van der Waals surface area contributed by atoms with Gasteiger partial charge in [0.15, 0.2) is 0 Å². The van der Waals surface area contributed by atoms with Crippen LogP contribution in [0, 0.1) is 0 Å². The van der Waals surface area contributed by atoms with Crippen LogP contribution in [0.15, 0.2) is 121 Å². The third kappa shape index (κ3) is 4.22. The van der Waals surface area contributed by atoms with Crippen molar-refractivity contribution in [2.45, 2.75) is 14.7 Å². The summed E-state index contributed by atoms with van der Waals surface area (Å²) in [5.41, 5.74) is 0. The smallest absolute Gasteiger partial charge is 0.285 e. The van der Waals surface area contributed by atoms with Gasteiger partial charge in [0.25, 0.3) is 18.2 Å². The van der Waals surface area contributed by atoms with Gasteiger partial charge in [0, 0.05) is 30.2 Å². The lowest BCUT2D eigenvalue weighted by molar-refractivity contribution is 0.167. The predicted molar refractivity (Wildman–Crippen MR) is 117 cm³/mol. The molecule has 0 spiro atoms. The van der Waals surface area contributed by atoms with Crippen molar-refractivity contribution in [2.24, 2.45) is 15.5 Å². The molecule has 9 nitrogen and oxygen atoms in total. The first-order valence-corrected chi connectivity index (χ1v) is 13.0. The Balaban J connectivity index is 2.75. The van der Waals surface area contributed by atoms with E-state index in [0.29, 0.717) is 14.7 Å². The second kappa shape index (κ2) is 10.8. The molecular formula is C21H16N3O6PS. The van der Waals surface area contributed by atoms with Gasteiger partial charge in [-0.1, -0.05) is 63.8 Å². The molecule has 0 amide bonds. The van der Waals surface area contributed by atoms with Crippen molar-refractivity contribution in [1.82, 2.24) is 0 Å². The van der Waals surface area contributed by atoms with Crippen LogP contribution in [-0.4, -0.2) is 18.2 Å². The highest BCUT2D eigenvalue weighted by Gasteiger charge is 2.44. The highest BCUT2D eigenvalue weighted by Crippen LogP contribution is 2.67. The number of benzene rings is 3. The van der Waals surface area contributed by atoms with E-state index in [9.17, 15) is 14.4 Å². The van der Waals surface area contributed by atoms with Crippen molar-refractivity contribution in [1.29, 1.82) is 0 Å². The fourth-order valence-electron chi connectivity index (χ4n) is 3.22. The van der Waals surface area contributed by atoms with Crippen LogP contribution in [0.1, 0.15) is 0 Å². The molecule has 0 saturated carbocycles. The van der Waals surface area contributed by atoms with E-state index < -0.39 is 15.9 Å². The summed E-state index contributed by atoms with van der Waals surface area (Å²) in [5, 5.41) is 9.70. The first-order valence-electron chi connectivity index (χ1n) is 8.98. The van der Waals surface area contributed by atoms with Gasteiger partial charge in [0.1, 0.15) is 0 Å². The first-order chi connectivity index (χ1) is 15.7. The fraction of sp³-hybridized carbons (Fsp3) is 0. The van der Waals surface area contributed by atoms with Crippen molar-refractivity contribution in [3.05, 3.63) is 91.0 Å². The molecule has 3 rings (SSSR count). The lowest BCUT2D eigenvalue weighted by atomic mass is 10.4. The topological polar surface area (TPSA) is 116 Å². The van der Waals surface area contributed by atoms with E-state index >= 15 is 0 Å². The van der Waals surface area contributed by atoms with Crippen LogP contribution < -0.4 is 0 Å². The van der Waals surface area contributed by atoms with Crippen molar-refractivity contribution in [2.75, 3.05) is 0 Å². The summed E-state index contributed by atoms with van der Waals surface area (Å²) in [7, 11) is -3.26. The molecule has 162 valence electrons. The van der Waals surface area contributed by atoms with Crippen LogP contribution in [0.2, 0.25) is 0 Å². The highest BCUT2D eigenvalue weighted by molar-refractivity contribution is 8.39. The zero-order chi connectivity index (χ0) is 22.7. The summed E-state index contributed by atoms with van der Waals surface area (Å²) in [6.07, 6.45) is 3.78. The summed E-state index contributed by atoms with van der Waals surface area (Å²) in [6, 6.07) is 27.0. The van der Waals surface area contributed by atoms with Gasteiger partial charge in [-0.25, -0.2) is 14.4 Å². The molecule has 0 radical (unpaired) electrons. The second-order valence-corrected chi connectivity index (χ2v) is 13.4. The predicted octanol–water partition coefficient (Wildman–Crippen LogP) is 4.53. The van der Waals surface area contributed by atoms with Gasteiger partial charge < -0.3 is 0 Å². The van der Waals surface area contributed by atoms with Gasteiger partial charge in [0.05, 0.1) is 0 Å². The summed E-state index contributed by atoms with van der Waals surface area (Å²) >= 11 is 0. The first kappa shape index (κ1) is 22.7. The Kier molecular flexibility index (Phi) is 7.68. The standard InChI is InChI=1S/C21H16N3O6PS/c25-16-22-28-31(29-23-17-26,30-24-18-27)32(19-10-4-1-5-11-19,20-12-6-2-7-13-20)21-14-8-3-9-15-21/h1-15,32H. The molecule has 0 N–H and O–H groups in total. The van der Waals surface area contributed by atoms with Crippen molar-refractivity contribution >= 4 is 34.2 Å². The summed E-state index contributed by atoms with van der Waals surface area (Å²) in [6.45, 7) is -4.13. The van der Waals surface area contributed by atoms with Crippen LogP contribution in [0.4, 0.5) is 0 Å². The fourth-order valence-corrected chi connectivity index (χ4v) is 12.7. The molecule has 0 unspecified atom stereocenters. The molecule has 0 atom stereocenters. The van der Waals surface area contributed by atoms with E-state index in [4.69, 9.17) is 13.9 Å². The minimum absolute atomic E-state index is 0.661. The van der Waals surface area contributed by atoms with E-state index in [0.717, 1.165) is 0 Å². The number of hydrogen-bond donors (Lipinski definition) is 1. The molecule has 3 aromatic carbocycles. The van der Waals surface area contributed by atoms with Gasteiger partial charge in [-0.2, -0.15) is 0 Å². The average molecular weight is 469 g/mol. The number of rotatable bonds is 9. The Morgan fingerprint density at radius 3 is 1.06 bits per heavy atom. The Morgan fingerprint density at radius 1 is 0.531 bits per heavy atom. The maximum Gasteiger partial charge on any atom is 0.503 e. The van der Waals surface area contributed by atoms with Crippen molar-refractivity contribution in [3.8, 4) is 0 Å². The Hall–Kier alpha value is -4.02. The number of carbonyl (C=O) groups excluding carboxylic acids is 3. The number of thiol groups is 1. The normalized spacial score (nSPS) is 12.5. The van der Waals surface area contributed by atoms with Gasteiger partial charge >= 0.3 is 6.72 Å². The van der Waals surface area contributed by atoms with Crippen LogP contribution in [0.25, 0.3) is 0 Å². The minimum Gasteiger partial charge on any atom is -0.285 e. The summed E-state index contributed by atoms with van der Waals surface area (Å²) < 4.78 is 16.5. The van der Waals surface area contributed by atoms with Crippen LogP contribution in [0.5, 0.6) is 0 Å². The van der Waals surface area contributed by atoms with Crippen molar-refractivity contribution in [3.63, 3.8) is 0 Å². The molecule has 0 saturated heterocycles. The molecule has 32 heavy (non-hydrogen) atoms. The molecule has 0 aliphatic carbocycles. The number of isocyanates is 3. The summed E-state index contributed by atoms with van der Waals surface area (Å²) in [5.74, 6) is 0. The molecule has 0 heterocycles. The zero-order valence-electron chi connectivity index (χ0n) is 16.3. The van der Waals surface area contributed by atoms with E-state index in [1.807, 2.05) is 18.2 Å². The largest absolute Gasteiger partial charge is 0.503 e. The van der Waals surface area contributed by atoms with Gasteiger partial charge in [-0.15, -0.1) is 0 Å². The molecule has 11 heteroatoms. The molecular weight excluding hydrogens is 453 g/mol. The van der Waals surface area contributed by atoms with Crippen molar-refractivity contribution < 1.29 is 28.3 Å². The zero-order valence-corrected chi connectivity index (χ0v) is 18.1. The number of nitrogens with zero attached hydrogens (tertiary/aromatic N) is 3. The van der Waals surface area contributed by atoms with E-state index in [-0.39, 0.29) is 0 Å². The Labute approximate surface area is 183 Å². The third-order valence-corrected chi connectivity index (χ3v) is 14.0. The Morgan fingerprint density at radius 2 is 0.812 bits per heavy atom. The SMILES string of the molecule is O=C=NOP(ON=C=O)(ON=C=O)=[SH](c1ccccc1)(c1ccccc1)c1ccccc1. The average Bonchev–Trinajstić information content (AvgIpc) is 2.87. The lowest BCUT2D eigenvalue weighted by Crippen LogP contribution is -2.18. The monoisotopic (exact) mass is 469 g/mol. The minimum atomic E-state index is -4.13. The lowest BCUT2D eigenvalue weighted by Gasteiger charge is -2.37. The molecule has 0 aromatic heterocycles. The molecule has 3 aromatic rings. The van der Waals surface area contributed by atoms with Crippen LogP contribution in [-0.2, 0) is 37.5 Å². The van der Waals surface area contributed by atoms with Gasteiger partial charge in [-0.3, -0.25) is 13.9 Å². The summed E-state index contributed by atoms with van der Waals surface area (Å²) in [4.78, 5) is 35.0. The molecule has 0 bridgehead atoms.